The Hall–Kier alpha value is -2.46. The van der Waals surface area contributed by atoms with E-state index in [0.29, 0.717) is 10.7 Å². The molecule has 0 spiro atoms. The molecule has 0 amide bonds. The minimum absolute atomic E-state index is 0.634. The topological polar surface area (TPSA) is 60.2 Å². The zero-order valence-electron chi connectivity index (χ0n) is 11.4. The molecule has 4 nitrogen and oxygen atoms in total. The Morgan fingerprint density at radius 1 is 1.14 bits per heavy atom. The molecule has 0 radical (unpaired) electrons. The second kappa shape index (κ2) is 5.50. The first-order valence-corrected chi connectivity index (χ1v) is 6.80. The van der Waals surface area contributed by atoms with E-state index in [1.165, 1.54) is 0 Å². The van der Waals surface area contributed by atoms with Gasteiger partial charge in [-0.25, -0.2) is 0 Å². The van der Waals surface area contributed by atoms with Gasteiger partial charge in [0.05, 0.1) is 34.7 Å². The van der Waals surface area contributed by atoms with Crippen LogP contribution in [0.25, 0.3) is 10.9 Å². The predicted molar refractivity (Wildman–Crippen MR) is 87.4 cm³/mol. The molecule has 0 aliphatic rings. The van der Waals surface area contributed by atoms with E-state index in [4.69, 9.17) is 22.1 Å². The molecule has 0 aliphatic carbocycles. The van der Waals surface area contributed by atoms with Crippen molar-refractivity contribution in [3.8, 4) is 5.75 Å². The highest BCUT2D eigenvalue weighted by Crippen LogP contribution is 2.33. The summed E-state index contributed by atoms with van der Waals surface area (Å²) in [5.41, 5.74) is 9.04. The number of nitrogens with two attached hydrogens (primary N) is 1. The lowest BCUT2D eigenvalue weighted by Crippen LogP contribution is -1.98. The minimum atomic E-state index is 0.634. The molecule has 1 heterocycles. The molecule has 106 valence electrons. The van der Waals surface area contributed by atoms with Crippen LogP contribution in [0.1, 0.15) is 0 Å². The summed E-state index contributed by atoms with van der Waals surface area (Å²) in [7, 11) is 1.62. The third-order valence-electron chi connectivity index (χ3n) is 3.25. The van der Waals surface area contributed by atoms with E-state index < -0.39 is 0 Å². The molecule has 1 aromatic heterocycles. The number of nitrogens with zero attached hydrogens (tertiary/aromatic N) is 1. The Morgan fingerprint density at radius 2 is 2.00 bits per heavy atom. The van der Waals surface area contributed by atoms with Gasteiger partial charge in [-0.2, -0.15) is 0 Å². The average Bonchev–Trinajstić information content (AvgIpc) is 2.52. The van der Waals surface area contributed by atoms with Crippen molar-refractivity contribution in [3.05, 3.63) is 53.7 Å². The number of hydrogen-bond acceptors (Lipinski definition) is 4. The van der Waals surface area contributed by atoms with Crippen molar-refractivity contribution in [2.24, 2.45) is 0 Å². The summed E-state index contributed by atoms with van der Waals surface area (Å²) in [4.78, 5) is 4.39. The first-order valence-electron chi connectivity index (χ1n) is 6.43. The van der Waals surface area contributed by atoms with Crippen molar-refractivity contribution < 1.29 is 4.74 Å². The molecule has 21 heavy (non-hydrogen) atoms. The fourth-order valence-corrected chi connectivity index (χ4v) is 2.37. The van der Waals surface area contributed by atoms with Crippen LogP contribution in [-0.4, -0.2) is 12.1 Å². The zero-order valence-corrected chi connectivity index (χ0v) is 12.2. The molecule has 0 saturated carbocycles. The fourth-order valence-electron chi connectivity index (χ4n) is 2.15. The summed E-state index contributed by atoms with van der Waals surface area (Å²) >= 11 is 6.20. The molecule has 0 saturated heterocycles. The van der Waals surface area contributed by atoms with E-state index in [9.17, 15) is 0 Å². The van der Waals surface area contributed by atoms with Gasteiger partial charge in [0.2, 0.25) is 0 Å². The third kappa shape index (κ3) is 2.58. The smallest absolute Gasteiger partial charge is 0.121 e. The lowest BCUT2D eigenvalue weighted by molar-refractivity contribution is 0.415. The number of anilines is 3. The monoisotopic (exact) mass is 299 g/mol. The number of halogens is 1. The van der Waals surface area contributed by atoms with Gasteiger partial charge < -0.3 is 15.8 Å². The van der Waals surface area contributed by atoms with Crippen LogP contribution in [0.2, 0.25) is 5.02 Å². The Bertz CT molecular complexity index is 805. The van der Waals surface area contributed by atoms with E-state index in [-0.39, 0.29) is 0 Å². The summed E-state index contributed by atoms with van der Waals surface area (Å²) in [5, 5.41) is 4.85. The van der Waals surface area contributed by atoms with E-state index >= 15 is 0 Å². The highest BCUT2D eigenvalue weighted by Gasteiger charge is 2.08. The van der Waals surface area contributed by atoms with Crippen LogP contribution in [0.5, 0.6) is 5.75 Å². The Morgan fingerprint density at radius 3 is 2.81 bits per heavy atom. The summed E-state index contributed by atoms with van der Waals surface area (Å²) in [6.45, 7) is 0. The van der Waals surface area contributed by atoms with Crippen LogP contribution in [0.3, 0.4) is 0 Å². The van der Waals surface area contributed by atoms with E-state index in [0.717, 1.165) is 28.0 Å². The molecule has 0 aliphatic heterocycles. The van der Waals surface area contributed by atoms with Gasteiger partial charge in [-0.1, -0.05) is 11.6 Å². The maximum absolute atomic E-state index is 6.20. The first kappa shape index (κ1) is 13.5. The number of methoxy groups -OCH3 is 1. The molecule has 0 fully saturated rings. The van der Waals surface area contributed by atoms with E-state index in [1.807, 2.05) is 36.4 Å². The van der Waals surface area contributed by atoms with Gasteiger partial charge in [0.15, 0.2) is 0 Å². The quantitative estimate of drug-likeness (QED) is 0.711. The number of hydrogen-bond donors (Lipinski definition) is 2. The van der Waals surface area contributed by atoms with Crippen LogP contribution in [0.15, 0.2) is 48.7 Å². The molecule has 0 bridgehead atoms. The molecule has 2 aromatic carbocycles. The summed E-state index contributed by atoms with van der Waals surface area (Å²) < 4.78 is 5.22. The van der Waals surface area contributed by atoms with Crippen molar-refractivity contribution in [1.82, 2.24) is 4.98 Å². The second-order valence-corrected chi connectivity index (χ2v) is 4.98. The van der Waals surface area contributed by atoms with Crippen LogP contribution in [-0.2, 0) is 0 Å². The van der Waals surface area contributed by atoms with Crippen molar-refractivity contribution in [2.45, 2.75) is 0 Å². The molecule has 3 rings (SSSR count). The van der Waals surface area contributed by atoms with E-state index in [1.54, 1.807) is 19.4 Å². The molecular weight excluding hydrogens is 286 g/mol. The first-order chi connectivity index (χ1) is 10.2. The molecule has 0 unspecified atom stereocenters. The zero-order chi connectivity index (χ0) is 14.8. The lowest BCUT2D eigenvalue weighted by atomic mass is 10.1. The molecule has 5 heteroatoms. The van der Waals surface area contributed by atoms with Gasteiger partial charge in [-0.05, 0) is 36.4 Å². The van der Waals surface area contributed by atoms with Crippen LogP contribution >= 0.6 is 11.6 Å². The number of aromatic nitrogens is 1. The average molecular weight is 300 g/mol. The maximum atomic E-state index is 6.20. The Kier molecular flexibility index (Phi) is 3.54. The fraction of sp³-hybridized carbons (Fsp3) is 0.0625. The van der Waals surface area contributed by atoms with Gasteiger partial charge in [0, 0.05) is 17.6 Å². The number of rotatable bonds is 3. The second-order valence-electron chi connectivity index (χ2n) is 4.57. The maximum Gasteiger partial charge on any atom is 0.121 e. The van der Waals surface area contributed by atoms with Gasteiger partial charge in [-0.15, -0.1) is 0 Å². The van der Waals surface area contributed by atoms with Gasteiger partial charge in [-0.3, -0.25) is 4.98 Å². The third-order valence-corrected chi connectivity index (χ3v) is 3.58. The minimum Gasteiger partial charge on any atom is -0.497 e. The summed E-state index contributed by atoms with van der Waals surface area (Å²) in [6, 6.07) is 13.0. The highest BCUT2D eigenvalue weighted by atomic mass is 35.5. The largest absolute Gasteiger partial charge is 0.497 e. The Balaban J connectivity index is 2.08. The number of pyridine rings is 1. The number of benzene rings is 2. The van der Waals surface area contributed by atoms with Gasteiger partial charge >= 0.3 is 0 Å². The normalized spacial score (nSPS) is 10.6. The Labute approximate surface area is 127 Å². The van der Waals surface area contributed by atoms with Gasteiger partial charge in [0.1, 0.15) is 5.75 Å². The molecule has 3 N–H and O–H groups in total. The lowest BCUT2D eigenvalue weighted by Gasteiger charge is -2.13. The summed E-state index contributed by atoms with van der Waals surface area (Å²) in [5.74, 6) is 0.734. The molecule has 3 aromatic rings. The summed E-state index contributed by atoms with van der Waals surface area (Å²) in [6.07, 6.45) is 1.73. The van der Waals surface area contributed by atoms with Crippen LogP contribution < -0.4 is 15.8 Å². The molecule has 0 atom stereocenters. The number of ether oxygens (including phenoxy) is 1. The number of fused-ring (bicyclic) bond motifs is 1. The highest BCUT2D eigenvalue weighted by molar-refractivity contribution is 6.35. The SMILES string of the molecule is COc1ccc(N)c(Nc2ccc(Cl)c3cccnc23)c1. The van der Waals surface area contributed by atoms with E-state index in [2.05, 4.69) is 10.3 Å². The number of nitrogen functional groups attached to an aromatic ring is 1. The predicted octanol–water partition coefficient (Wildman–Crippen LogP) is 4.22. The van der Waals surface area contributed by atoms with Crippen LogP contribution in [0.4, 0.5) is 17.1 Å². The van der Waals surface area contributed by atoms with Crippen molar-refractivity contribution in [2.75, 3.05) is 18.2 Å². The van der Waals surface area contributed by atoms with Crippen molar-refractivity contribution in [3.63, 3.8) is 0 Å². The van der Waals surface area contributed by atoms with Crippen molar-refractivity contribution >= 4 is 39.6 Å². The standard InChI is InChI=1S/C16H14ClN3O/c1-21-10-4-6-13(18)15(9-10)20-14-7-5-12(17)11-3-2-8-19-16(11)14/h2-9,20H,18H2,1H3. The molecular formula is C16H14ClN3O. The number of nitrogens with one attached hydrogen (secondary N) is 1. The van der Waals surface area contributed by atoms with Crippen LogP contribution in [0, 0.1) is 0 Å². The van der Waals surface area contributed by atoms with Gasteiger partial charge in [0.25, 0.3) is 0 Å². The van der Waals surface area contributed by atoms with Crippen molar-refractivity contribution in [1.29, 1.82) is 0 Å².